The second-order valence-electron chi connectivity index (χ2n) is 5.18. The normalized spacial score (nSPS) is 22.9. The van der Waals surface area contributed by atoms with Gasteiger partial charge < -0.3 is 14.0 Å². The van der Waals surface area contributed by atoms with Gasteiger partial charge in [0.25, 0.3) is 0 Å². The van der Waals surface area contributed by atoms with Crippen LogP contribution in [0.15, 0.2) is 21.3 Å². The second kappa shape index (κ2) is 5.11. The lowest BCUT2D eigenvalue weighted by molar-refractivity contribution is -0.143. The van der Waals surface area contributed by atoms with Crippen LogP contribution in [0.1, 0.15) is 43.3 Å². The molecule has 1 saturated carbocycles. The Bertz CT molecular complexity index is 616. The van der Waals surface area contributed by atoms with E-state index in [4.69, 9.17) is 8.94 Å². The number of carboxylic acids is 1. The summed E-state index contributed by atoms with van der Waals surface area (Å²) in [5, 5.41) is 13.2. The van der Waals surface area contributed by atoms with Gasteiger partial charge in [-0.1, -0.05) is 18.0 Å². The van der Waals surface area contributed by atoms with Crippen molar-refractivity contribution in [1.82, 2.24) is 10.1 Å². The summed E-state index contributed by atoms with van der Waals surface area (Å²) in [6, 6.07) is 1.78. The predicted octanol–water partition coefficient (Wildman–Crippen LogP) is 3.00. The van der Waals surface area contributed by atoms with Crippen LogP contribution in [0.3, 0.4) is 0 Å². The van der Waals surface area contributed by atoms with Gasteiger partial charge in [0.2, 0.25) is 11.7 Å². The van der Waals surface area contributed by atoms with Gasteiger partial charge >= 0.3 is 5.97 Å². The van der Waals surface area contributed by atoms with Crippen molar-refractivity contribution in [2.75, 3.05) is 0 Å². The molecule has 2 atom stereocenters. The maximum Gasteiger partial charge on any atom is 0.307 e. The van der Waals surface area contributed by atoms with E-state index in [1.165, 1.54) is 0 Å². The number of furan rings is 1. The average molecular weight is 276 g/mol. The third kappa shape index (κ3) is 2.21. The largest absolute Gasteiger partial charge is 0.481 e. The van der Waals surface area contributed by atoms with Crippen LogP contribution in [-0.2, 0) is 4.79 Å². The highest BCUT2D eigenvalue weighted by Gasteiger charge is 2.35. The lowest BCUT2D eigenvalue weighted by atomic mass is 9.79. The van der Waals surface area contributed by atoms with E-state index < -0.39 is 11.9 Å². The van der Waals surface area contributed by atoms with E-state index >= 15 is 0 Å². The molecule has 2 aromatic heterocycles. The molecule has 0 radical (unpaired) electrons. The van der Waals surface area contributed by atoms with Gasteiger partial charge in [0.15, 0.2) is 0 Å². The first-order valence-electron chi connectivity index (χ1n) is 6.77. The van der Waals surface area contributed by atoms with Gasteiger partial charge in [-0.25, -0.2) is 0 Å². The molecule has 2 aromatic rings. The van der Waals surface area contributed by atoms with Crippen molar-refractivity contribution in [2.24, 2.45) is 5.92 Å². The van der Waals surface area contributed by atoms with Crippen molar-refractivity contribution in [3.63, 3.8) is 0 Å². The Morgan fingerprint density at radius 2 is 2.20 bits per heavy atom. The van der Waals surface area contributed by atoms with E-state index in [-0.39, 0.29) is 5.92 Å². The zero-order valence-electron chi connectivity index (χ0n) is 11.2. The summed E-state index contributed by atoms with van der Waals surface area (Å²) in [5.74, 6) is 0.204. The molecule has 1 aliphatic rings. The molecule has 1 N–H and O–H groups in total. The lowest BCUT2D eigenvalue weighted by Crippen LogP contribution is -2.25. The molecule has 0 spiro atoms. The standard InChI is InChI=1S/C14H16N2O4/c1-8-9(6-7-19-8)12-15-13(20-16-12)10-4-2-3-5-11(10)14(17)18/h6-7,10-11H,2-5H2,1H3,(H,17,18). The Balaban J connectivity index is 1.89. The smallest absolute Gasteiger partial charge is 0.307 e. The van der Waals surface area contributed by atoms with Gasteiger partial charge in [-0.15, -0.1) is 0 Å². The first-order valence-corrected chi connectivity index (χ1v) is 6.77. The summed E-state index contributed by atoms with van der Waals surface area (Å²) < 4.78 is 10.5. The minimum Gasteiger partial charge on any atom is -0.481 e. The summed E-state index contributed by atoms with van der Waals surface area (Å²) in [4.78, 5) is 15.7. The lowest BCUT2D eigenvalue weighted by Gasteiger charge is -2.25. The van der Waals surface area contributed by atoms with Crippen molar-refractivity contribution in [3.05, 3.63) is 24.0 Å². The zero-order valence-corrected chi connectivity index (χ0v) is 11.2. The number of aromatic nitrogens is 2. The van der Waals surface area contributed by atoms with Crippen LogP contribution in [0.2, 0.25) is 0 Å². The van der Waals surface area contributed by atoms with E-state index in [0.717, 1.165) is 30.6 Å². The molecule has 1 fully saturated rings. The van der Waals surface area contributed by atoms with Gasteiger partial charge in [0, 0.05) is 0 Å². The molecular formula is C14H16N2O4. The number of hydrogen-bond acceptors (Lipinski definition) is 5. The van der Waals surface area contributed by atoms with Crippen LogP contribution in [-0.4, -0.2) is 21.2 Å². The highest BCUT2D eigenvalue weighted by Crippen LogP contribution is 2.38. The van der Waals surface area contributed by atoms with Crippen molar-refractivity contribution in [1.29, 1.82) is 0 Å². The molecule has 0 aromatic carbocycles. The minimum absolute atomic E-state index is 0.185. The molecule has 0 saturated heterocycles. The van der Waals surface area contributed by atoms with Crippen molar-refractivity contribution in [3.8, 4) is 11.4 Å². The van der Waals surface area contributed by atoms with E-state index in [9.17, 15) is 9.90 Å². The highest BCUT2D eigenvalue weighted by atomic mass is 16.5. The number of rotatable bonds is 3. The SMILES string of the molecule is Cc1occc1-c1noc(C2CCCCC2C(=O)O)n1. The number of aryl methyl sites for hydroxylation is 1. The van der Waals surface area contributed by atoms with Crippen LogP contribution in [0, 0.1) is 12.8 Å². The summed E-state index contributed by atoms with van der Waals surface area (Å²) in [6.45, 7) is 1.83. The molecule has 1 aliphatic carbocycles. The molecule has 0 amide bonds. The van der Waals surface area contributed by atoms with Gasteiger partial charge in [0.05, 0.1) is 23.7 Å². The minimum atomic E-state index is -0.783. The highest BCUT2D eigenvalue weighted by molar-refractivity contribution is 5.71. The number of aliphatic carboxylic acids is 1. The van der Waals surface area contributed by atoms with Gasteiger partial charge in [0.1, 0.15) is 5.76 Å². The van der Waals surface area contributed by atoms with E-state index in [1.54, 1.807) is 12.3 Å². The maximum atomic E-state index is 11.3. The summed E-state index contributed by atoms with van der Waals surface area (Å²) in [7, 11) is 0. The van der Waals surface area contributed by atoms with Crippen LogP contribution in [0.4, 0.5) is 0 Å². The first kappa shape index (κ1) is 12.9. The third-order valence-electron chi connectivity index (χ3n) is 3.94. The fourth-order valence-corrected chi connectivity index (χ4v) is 2.83. The Kier molecular flexibility index (Phi) is 3.30. The predicted molar refractivity (Wildman–Crippen MR) is 69.1 cm³/mol. The zero-order chi connectivity index (χ0) is 14.1. The maximum absolute atomic E-state index is 11.3. The molecule has 2 heterocycles. The van der Waals surface area contributed by atoms with E-state index in [0.29, 0.717) is 18.1 Å². The quantitative estimate of drug-likeness (QED) is 0.926. The molecule has 3 rings (SSSR count). The first-order chi connectivity index (χ1) is 9.66. The number of carboxylic acid groups (broad SMARTS) is 1. The van der Waals surface area contributed by atoms with Crippen LogP contribution < -0.4 is 0 Å². The van der Waals surface area contributed by atoms with Gasteiger partial charge in [-0.05, 0) is 25.8 Å². The second-order valence-corrected chi connectivity index (χ2v) is 5.18. The fraction of sp³-hybridized carbons (Fsp3) is 0.500. The van der Waals surface area contributed by atoms with Crippen LogP contribution in [0.25, 0.3) is 11.4 Å². The summed E-state index contributed by atoms with van der Waals surface area (Å²) in [6.07, 6.45) is 4.96. The summed E-state index contributed by atoms with van der Waals surface area (Å²) >= 11 is 0. The molecule has 0 aliphatic heterocycles. The topological polar surface area (TPSA) is 89.4 Å². The molecule has 6 nitrogen and oxygen atoms in total. The molecule has 106 valence electrons. The van der Waals surface area contributed by atoms with Gasteiger partial charge in [-0.3, -0.25) is 4.79 Å². The number of hydrogen-bond donors (Lipinski definition) is 1. The Morgan fingerprint density at radius 1 is 1.40 bits per heavy atom. The third-order valence-corrected chi connectivity index (χ3v) is 3.94. The van der Waals surface area contributed by atoms with Crippen molar-refractivity contribution in [2.45, 2.75) is 38.5 Å². The summed E-state index contributed by atoms with van der Waals surface area (Å²) in [5.41, 5.74) is 0.780. The average Bonchev–Trinajstić information content (AvgIpc) is 3.07. The fourth-order valence-electron chi connectivity index (χ4n) is 2.83. The van der Waals surface area contributed by atoms with Crippen LogP contribution >= 0.6 is 0 Å². The van der Waals surface area contributed by atoms with Crippen LogP contribution in [0.5, 0.6) is 0 Å². The molecule has 2 unspecified atom stereocenters. The molecule has 6 heteroatoms. The Labute approximate surface area is 115 Å². The molecule has 20 heavy (non-hydrogen) atoms. The monoisotopic (exact) mass is 276 g/mol. The Morgan fingerprint density at radius 3 is 2.90 bits per heavy atom. The number of carbonyl (C=O) groups is 1. The number of nitrogens with zero attached hydrogens (tertiary/aromatic N) is 2. The van der Waals surface area contributed by atoms with E-state index in [2.05, 4.69) is 10.1 Å². The Hall–Kier alpha value is -2.11. The van der Waals surface area contributed by atoms with E-state index in [1.807, 2.05) is 6.92 Å². The van der Waals surface area contributed by atoms with Crippen molar-refractivity contribution >= 4 is 5.97 Å². The molecular weight excluding hydrogens is 260 g/mol. The molecule has 0 bridgehead atoms. The van der Waals surface area contributed by atoms with Gasteiger partial charge in [-0.2, -0.15) is 4.98 Å². The van der Waals surface area contributed by atoms with Crippen molar-refractivity contribution < 1.29 is 18.8 Å².